The number of oxime groups is 1. The molecular weight excluding hydrogens is 272 g/mol. The summed E-state index contributed by atoms with van der Waals surface area (Å²) in [7, 11) is 0. The number of hydrogen-bond donors (Lipinski definition) is 3. The molecule has 7 heteroatoms. The van der Waals surface area contributed by atoms with Crippen molar-refractivity contribution in [3.8, 4) is 0 Å². The quantitative estimate of drug-likeness (QED) is 0.309. The van der Waals surface area contributed by atoms with Crippen LogP contribution in [0.1, 0.15) is 44.9 Å². The highest BCUT2D eigenvalue weighted by molar-refractivity contribution is 5.93. The second-order valence-electron chi connectivity index (χ2n) is 5.86. The minimum absolute atomic E-state index is 0.117. The lowest BCUT2D eigenvalue weighted by Gasteiger charge is -2.37. The zero-order chi connectivity index (χ0) is 15.1. The number of urea groups is 1. The molecule has 1 heterocycles. The molecule has 1 aliphatic heterocycles. The van der Waals surface area contributed by atoms with Gasteiger partial charge in [0.15, 0.2) is 5.84 Å². The fourth-order valence-corrected chi connectivity index (χ4v) is 3.10. The Morgan fingerprint density at radius 3 is 2.29 bits per heavy atom. The molecule has 0 aromatic carbocycles. The highest BCUT2D eigenvalue weighted by Crippen LogP contribution is 2.27. The standard InChI is InChI=1S/C14H26N4O3/c15-12(17-20)14(6-4-2-1-3-5-7-14)16-13(19)18-8-10-21-11-9-18/h20H,1-11H2,(H2,15,17)(H,16,19). The first-order valence-electron chi connectivity index (χ1n) is 7.81. The molecule has 2 fully saturated rings. The first-order valence-corrected chi connectivity index (χ1v) is 7.81. The summed E-state index contributed by atoms with van der Waals surface area (Å²) in [5.74, 6) is 0.117. The maximum atomic E-state index is 12.5. The van der Waals surface area contributed by atoms with Crippen LogP contribution in [0.4, 0.5) is 4.79 Å². The summed E-state index contributed by atoms with van der Waals surface area (Å²) in [6.07, 6.45) is 6.84. The van der Waals surface area contributed by atoms with Crippen LogP contribution in [0, 0.1) is 0 Å². The Bertz CT molecular complexity index is 372. The van der Waals surface area contributed by atoms with Crippen LogP contribution in [-0.4, -0.2) is 53.8 Å². The first kappa shape index (κ1) is 15.9. The van der Waals surface area contributed by atoms with E-state index in [0.717, 1.165) is 38.5 Å². The van der Waals surface area contributed by atoms with E-state index in [0.29, 0.717) is 26.3 Å². The molecule has 0 radical (unpaired) electrons. The summed E-state index contributed by atoms with van der Waals surface area (Å²) >= 11 is 0. The Kier molecular flexibility index (Phi) is 5.67. The zero-order valence-electron chi connectivity index (χ0n) is 12.5. The van der Waals surface area contributed by atoms with E-state index in [1.54, 1.807) is 4.90 Å². The number of carbonyl (C=O) groups is 1. The predicted molar refractivity (Wildman–Crippen MR) is 79.4 cm³/mol. The van der Waals surface area contributed by atoms with Crippen LogP contribution in [0.2, 0.25) is 0 Å². The maximum absolute atomic E-state index is 12.5. The van der Waals surface area contributed by atoms with Crippen molar-refractivity contribution < 1.29 is 14.7 Å². The lowest BCUT2D eigenvalue weighted by Crippen LogP contribution is -2.61. The van der Waals surface area contributed by atoms with Crippen molar-refractivity contribution in [1.29, 1.82) is 0 Å². The lowest BCUT2D eigenvalue weighted by molar-refractivity contribution is 0.0514. The Hall–Kier alpha value is -1.50. The molecule has 21 heavy (non-hydrogen) atoms. The number of nitrogens with two attached hydrogens (primary N) is 1. The van der Waals surface area contributed by atoms with Crippen LogP contribution in [0.25, 0.3) is 0 Å². The maximum Gasteiger partial charge on any atom is 0.318 e. The molecule has 120 valence electrons. The van der Waals surface area contributed by atoms with Crippen LogP contribution in [0.15, 0.2) is 5.16 Å². The molecule has 2 aliphatic rings. The Morgan fingerprint density at radius 2 is 1.71 bits per heavy atom. The van der Waals surface area contributed by atoms with Gasteiger partial charge in [-0.15, -0.1) is 0 Å². The van der Waals surface area contributed by atoms with Gasteiger partial charge in [-0.3, -0.25) is 0 Å². The molecule has 1 saturated carbocycles. The number of rotatable bonds is 2. The van der Waals surface area contributed by atoms with Gasteiger partial charge in [0.25, 0.3) is 0 Å². The summed E-state index contributed by atoms with van der Waals surface area (Å²) in [5, 5.41) is 15.3. The van der Waals surface area contributed by atoms with Crippen LogP contribution >= 0.6 is 0 Å². The van der Waals surface area contributed by atoms with Crippen LogP contribution < -0.4 is 11.1 Å². The average molecular weight is 298 g/mol. The monoisotopic (exact) mass is 298 g/mol. The van der Waals surface area contributed by atoms with E-state index >= 15 is 0 Å². The van der Waals surface area contributed by atoms with Gasteiger partial charge in [-0.05, 0) is 12.8 Å². The second-order valence-corrected chi connectivity index (χ2v) is 5.86. The van der Waals surface area contributed by atoms with Crippen molar-refractivity contribution in [2.45, 2.75) is 50.5 Å². The minimum Gasteiger partial charge on any atom is -0.409 e. The molecule has 0 atom stereocenters. The van der Waals surface area contributed by atoms with E-state index in [4.69, 9.17) is 15.7 Å². The summed E-state index contributed by atoms with van der Waals surface area (Å²) in [5.41, 5.74) is 5.21. The molecule has 0 aromatic heterocycles. The smallest absolute Gasteiger partial charge is 0.318 e. The largest absolute Gasteiger partial charge is 0.409 e. The molecule has 0 bridgehead atoms. The number of hydrogen-bond acceptors (Lipinski definition) is 4. The molecule has 7 nitrogen and oxygen atoms in total. The highest BCUT2D eigenvalue weighted by Gasteiger charge is 2.38. The Balaban J connectivity index is 2.08. The van der Waals surface area contributed by atoms with E-state index in [1.165, 1.54) is 6.42 Å². The SMILES string of the molecule is NC(=NO)C1(NC(=O)N2CCOCC2)CCCCCCC1. The normalized spacial score (nSPS) is 24.0. The molecule has 0 unspecified atom stereocenters. The van der Waals surface area contributed by atoms with Crippen molar-refractivity contribution in [1.82, 2.24) is 10.2 Å². The molecule has 1 aliphatic carbocycles. The molecular formula is C14H26N4O3. The summed E-state index contributed by atoms with van der Waals surface area (Å²) in [6.45, 7) is 2.28. The van der Waals surface area contributed by atoms with Crippen LogP contribution in [-0.2, 0) is 4.74 Å². The molecule has 0 aromatic rings. The second kappa shape index (κ2) is 7.49. The van der Waals surface area contributed by atoms with E-state index < -0.39 is 5.54 Å². The highest BCUT2D eigenvalue weighted by atomic mass is 16.5. The Labute approximate surface area is 125 Å². The topological polar surface area (TPSA) is 100 Å². The molecule has 2 amide bonds. The fourth-order valence-electron chi connectivity index (χ4n) is 3.10. The van der Waals surface area contributed by atoms with Gasteiger partial charge in [0.05, 0.1) is 13.2 Å². The van der Waals surface area contributed by atoms with Gasteiger partial charge in [0.2, 0.25) is 0 Å². The minimum atomic E-state index is -0.718. The first-order chi connectivity index (χ1) is 10.2. The van der Waals surface area contributed by atoms with Gasteiger partial charge in [-0.2, -0.15) is 0 Å². The van der Waals surface area contributed by atoms with E-state index in [-0.39, 0.29) is 11.9 Å². The number of morpholine rings is 1. The zero-order valence-corrected chi connectivity index (χ0v) is 12.5. The van der Waals surface area contributed by atoms with Gasteiger partial charge in [-0.25, -0.2) is 4.79 Å². The van der Waals surface area contributed by atoms with Crippen molar-refractivity contribution >= 4 is 11.9 Å². The summed E-state index contributed by atoms with van der Waals surface area (Å²) < 4.78 is 5.26. The Morgan fingerprint density at radius 1 is 1.14 bits per heavy atom. The number of amides is 2. The number of nitrogens with zero attached hydrogens (tertiary/aromatic N) is 2. The van der Waals surface area contributed by atoms with Crippen molar-refractivity contribution in [2.75, 3.05) is 26.3 Å². The number of nitrogens with one attached hydrogen (secondary N) is 1. The predicted octanol–water partition coefficient (Wildman–Crippen LogP) is 1.26. The van der Waals surface area contributed by atoms with E-state index in [2.05, 4.69) is 10.5 Å². The molecule has 4 N–H and O–H groups in total. The van der Waals surface area contributed by atoms with E-state index in [9.17, 15) is 4.79 Å². The molecule has 0 spiro atoms. The number of carbonyl (C=O) groups excluding carboxylic acids is 1. The third-order valence-corrected chi connectivity index (χ3v) is 4.45. The molecule has 2 rings (SSSR count). The van der Waals surface area contributed by atoms with Crippen molar-refractivity contribution in [2.24, 2.45) is 10.9 Å². The van der Waals surface area contributed by atoms with Crippen molar-refractivity contribution in [3.05, 3.63) is 0 Å². The van der Waals surface area contributed by atoms with E-state index in [1.807, 2.05) is 0 Å². The van der Waals surface area contributed by atoms with Crippen molar-refractivity contribution in [3.63, 3.8) is 0 Å². The summed E-state index contributed by atoms with van der Waals surface area (Å²) in [6, 6.07) is -0.148. The van der Waals surface area contributed by atoms with Gasteiger partial charge in [-0.1, -0.05) is 37.3 Å². The van der Waals surface area contributed by atoms with Gasteiger partial charge >= 0.3 is 6.03 Å². The summed E-state index contributed by atoms with van der Waals surface area (Å²) in [4.78, 5) is 14.2. The van der Waals surface area contributed by atoms with Crippen LogP contribution in [0.3, 0.4) is 0 Å². The number of ether oxygens (including phenoxy) is 1. The third-order valence-electron chi connectivity index (χ3n) is 4.45. The van der Waals surface area contributed by atoms with Crippen LogP contribution in [0.5, 0.6) is 0 Å². The van der Waals surface area contributed by atoms with Gasteiger partial charge in [0, 0.05) is 13.1 Å². The van der Waals surface area contributed by atoms with Gasteiger partial charge in [0.1, 0.15) is 5.54 Å². The fraction of sp³-hybridized carbons (Fsp3) is 0.857. The average Bonchev–Trinajstić information content (AvgIpc) is 2.50. The third kappa shape index (κ3) is 4.00. The van der Waals surface area contributed by atoms with Gasteiger partial charge < -0.3 is 25.9 Å². The lowest BCUT2D eigenvalue weighted by atomic mass is 9.83. The number of amidine groups is 1. The molecule has 1 saturated heterocycles.